The highest BCUT2D eigenvalue weighted by Gasteiger charge is 2.51. The number of hydrogen-bond acceptors (Lipinski definition) is 2. The molecule has 0 N–H and O–H groups in total. The molecule has 0 spiro atoms. The second-order valence-corrected chi connectivity index (χ2v) is 5.36. The van der Waals surface area contributed by atoms with Gasteiger partial charge in [-0.15, -0.1) is 0 Å². The SMILES string of the molecule is [C-]#[N+]C1=C[C@@]2(C)C(=O)N(CC)CC[C@@H]2[C@@H](C)C1=O. The van der Waals surface area contributed by atoms with Crippen molar-refractivity contribution in [1.29, 1.82) is 0 Å². The fourth-order valence-corrected chi connectivity index (χ4v) is 3.29. The van der Waals surface area contributed by atoms with Crippen LogP contribution in [0.1, 0.15) is 27.2 Å². The lowest BCUT2D eigenvalue weighted by Gasteiger charge is -2.47. The van der Waals surface area contributed by atoms with E-state index < -0.39 is 5.41 Å². The summed E-state index contributed by atoms with van der Waals surface area (Å²) in [5.41, 5.74) is -0.547. The molecule has 1 fully saturated rings. The molecular formula is C14H18N2O2. The monoisotopic (exact) mass is 246 g/mol. The van der Waals surface area contributed by atoms with Crippen molar-refractivity contribution in [3.8, 4) is 0 Å². The van der Waals surface area contributed by atoms with E-state index in [1.165, 1.54) is 0 Å². The average molecular weight is 246 g/mol. The lowest BCUT2D eigenvalue weighted by atomic mass is 9.61. The molecule has 0 radical (unpaired) electrons. The topological polar surface area (TPSA) is 41.7 Å². The van der Waals surface area contributed by atoms with Crippen molar-refractivity contribution in [2.45, 2.75) is 27.2 Å². The van der Waals surface area contributed by atoms with Crippen LogP contribution < -0.4 is 0 Å². The third kappa shape index (κ3) is 1.58. The molecule has 0 unspecified atom stereocenters. The molecule has 4 heteroatoms. The van der Waals surface area contributed by atoms with Gasteiger partial charge in [-0.2, -0.15) is 0 Å². The van der Waals surface area contributed by atoms with E-state index in [4.69, 9.17) is 6.57 Å². The zero-order chi connectivity index (χ0) is 13.5. The van der Waals surface area contributed by atoms with E-state index in [-0.39, 0.29) is 29.2 Å². The van der Waals surface area contributed by atoms with Crippen LogP contribution in [0.4, 0.5) is 0 Å². The summed E-state index contributed by atoms with van der Waals surface area (Å²) in [5.74, 6) is -0.246. The minimum Gasteiger partial charge on any atom is -0.342 e. The van der Waals surface area contributed by atoms with Gasteiger partial charge in [0.1, 0.15) is 0 Å². The molecule has 0 bridgehead atoms. The maximum atomic E-state index is 12.5. The first-order valence-corrected chi connectivity index (χ1v) is 6.39. The summed E-state index contributed by atoms with van der Waals surface area (Å²) < 4.78 is 0. The Labute approximate surface area is 107 Å². The summed E-state index contributed by atoms with van der Waals surface area (Å²) in [6, 6.07) is 0. The van der Waals surface area contributed by atoms with Crippen LogP contribution in [0.3, 0.4) is 0 Å². The number of piperidine rings is 1. The maximum Gasteiger partial charge on any atom is 0.231 e. The van der Waals surface area contributed by atoms with Crippen LogP contribution in [0, 0.1) is 23.8 Å². The standard InChI is InChI=1S/C14H18N2O2/c1-5-16-7-6-10-9(2)12(17)11(15-4)8-14(10,3)13(16)18/h8-10H,5-7H2,1-3H3/t9-,10-,14-/m1/s1. The van der Waals surface area contributed by atoms with Gasteiger partial charge in [-0.05, 0) is 26.2 Å². The summed E-state index contributed by atoms with van der Waals surface area (Å²) >= 11 is 0. The Balaban J connectivity index is 2.50. The third-order valence-electron chi connectivity index (χ3n) is 4.44. The molecule has 2 rings (SSSR count). The molecule has 0 aromatic rings. The van der Waals surface area contributed by atoms with E-state index in [2.05, 4.69) is 4.85 Å². The van der Waals surface area contributed by atoms with Crippen LogP contribution >= 0.6 is 0 Å². The predicted octanol–water partition coefficient (Wildman–Crippen LogP) is 1.88. The van der Waals surface area contributed by atoms with E-state index in [0.29, 0.717) is 13.1 Å². The van der Waals surface area contributed by atoms with Crippen molar-refractivity contribution in [1.82, 2.24) is 4.90 Å². The van der Waals surface area contributed by atoms with E-state index in [9.17, 15) is 9.59 Å². The van der Waals surface area contributed by atoms with E-state index >= 15 is 0 Å². The Morgan fingerprint density at radius 1 is 1.56 bits per heavy atom. The maximum absolute atomic E-state index is 12.5. The van der Waals surface area contributed by atoms with Gasteiger partial charge in [0.05, 0.1) is 12.0 Å². The Morgan fingerprint density at radius 3 is 2.78 bits per heavy atom. The Kier molecular flexibility index (Phi) is 3.02. The number of carbonyl (C=O) groups is 2. The number of nitrogens with zero attached hydrogens (tertiary/aromatic N) is 2. The van der Waals surface area contributed by atoms with Gasteiger partial charge in [-0.25, -0.2) is 4.85 Å². The highest BCUT2D eigenvalue weighted by atomic mass is 16.2. The van der Waals surface area contributed by atoms with Gasteiger partial charge in [0.15, 0.2) is 5.78 Å². The zero-order valence-corrected chi connectivity index (χ0v) is 11.1. The molecule has 1 aliphatic carbocycles. The van der Waals surface area contributed by atoms with Crippen LogP contribution in [0.15, 0.2) is 11.8 Å². The number of fused-ring (bicyclic) bond motifs is 1. The van der Waals surface area contributed by atoms with Gasteiger partial charge in [-0.1, -0.05) is 13.0 Å². The van der Waals surface area contributed by atoms with E-state index in [1.807, 2.05) is 25.7 Å². The molecule has 96 valence electrons. The molecular weight excluding hydrogens is 228 g/mol. The third-order valence-corrected chi connectivity index (χ3v) is 4.44. The van der Waals surface area contributed by atoms with Gasteiger partial charge >= 0.3 is 0 Å². The lowest BCUT2D eigenvalue weighted by molar-refractivity contribution is -0.149. The van der Waals surface area contributed by atoms with E-state index in [0.717, 1.165) is 6.42 Å². The number of allylic oxidation sites excluding steroid dienone is 1. The number of Topliss-reactive ketones (excluding diaryl/α,β-unsaturated/α-hetero) is 1. The molecule has 1 amide bonds. The minimum absolute atomic E-state index is 0.0331. The van der Waals surface area contributed by atoms with E-state index in [1.54, 1.807) is 6.08 Å². The number of carbonyl (C=O) groups excluding carboxylic acids is 2. The van der Waals surface area contributed by atoms with Gasteiger partial charge in [-0.3, -0.25) is 4.79 Å². The molecule has 0 aromatic heterocycles. The first kappa shape index (κ1) is 12.8. The van der Waals surface area contributed by atoms with Crippen LogP contribution in [0.2, 0.25) is 0 Å². The molecule has 0 aromatic carbocycles. The normalized spacial score (nSPS) is 35.9. The second-order valence-electron chi connectivity index (χ2n) is 5.36. The lowest BCUT2D eigenvalue weighted by Crippen LogP contribution is -2.55. The molecule has 18 heavy (non-hydrogen) atoms. The summed E-state index contributed by atoms with van der Waals surface area (Å²) in [6.45, 7) is 14.2. The molecule has 1 saturated heterocycles. The van der Waals surface area contributed by atoms with Crippen LogP contribution in [0.25, 0.3) is 4.85 Å². The molecule has 1 heterocycles. The van der Waals surface area contributed by atoms with Crippen molar-refractivity contribution in [3.63, 3.8) is 0 Å². The van der Waals surface area contributed by atoms with Crippen LogP contribution in [-0.4, -0.2) is 29.7 Å². The summed E-state index contributed by atoms with van der Waals surface area (Å²) in [7, 11) is 0. The van der Waals surface area contributed by atoms with Crippen molar-refractivity contribution in [3.05, 3.63) is 23.2 Å². The highest BCUT2D eigenvalue weighted by molar-refractivity contribution is 6.02. The first-order valence-electron chi connectivity index (χ1n) is 6.39. The predicted molar refractivity (Wildman–Crippen MR) is 67.3 cm³/mol. The molecule has 2 aliphatic rings. The Hall–Kier alpha value is -1.63. The molecule has 0 saturated carbocycles. The fourth-order valence-electron chi connectivity index (χ4n) is 3.29. The molecule has 1 aliphatic heterocycles. The zero-order valence-electron chi connectivity index (χ0n) is 11.1. The summed E-state index contributed by atoms with van der Waals surface area (Å²) in [4.78, 5) is 29.6. The largest absolute Gasteiger partial charge is 0.342 e. The highest BCUT2D eigenvalue weighted by Crippen LogP contribution is 2.46. The number of amides is 1. The Morgan fingerprint density at radius 2 is 2.22 bits per heavy atom. The fraction of sp³-hybridized carbons (Fsp3) is 0.643. The molecule has 3 atom stereocenters. The number of hydrogen-bond donors (Lipinski definition) is 0. The van der Waals surface area contributed by atoms with Gasteiger partial charge in [0.2, 0.25) is 11.6 Å². The summed E-state index contributed by atoms with van der Waals surface area (Å²) in [5, 5.41) is 0. The van der Waals surface area contributed by atoms with Crippen LogP contribution in [0.5, 0.6) is 0 Å². The van der Waals surface area contributed by atoms with Gasteiger partial charge in [0.25, 0.3) is 0 Å². The van der Waals surface area contributed by atoms with Crippen molar-refractivity contribution < 1.29 is 9.59 Å². The summed E-state index contributed by atoms with van der Waals surface area (Å²) in [6.07, 6.45) is 2.45. The molecule has 4 nitrogen and oxygen atoms in total. The Bertz CT molecular complexity index is 475. The van der Waals surface area contributed by atoms with Crippen LogP contribution in [-0.2, 0) is 9.59 Å². The van der Waals surface area contributed by atoms with Crippen molar-refractivity contribution >= 4 is 11.7 Å². The smallest absolute Gasteiger partial charge is 0.231 e. The average Bonchev–Trinajstić information content (AvgIpc) is 2.36. The number of rotatable bonds is 1. The van der Waals surface area contributed by atoms with Crippen molar-refractivity contribution in [2.24, 2.45) is 17.3 Å². The van der Waals surface area contributed by atoms with Gasteiger partial charge < -0.3 is 9.69 Å². The minimum atomic E-state index is -0.679. The van der Waals surface area contributed by atoms with Crippen molar-refractivity contribution in [2.75, 3.05) is 13.1 Å². The van der Waals surface area contributed by atoms with Gasteiger partial charge in [0, 0.05) is 19.0 Å². The number of likely N-dealkylation sites (tertiary alicyclic amines) is 1. The first-order chi connectivity index (χ1) is 8.45. The number of ketones is 1. The second kappa shape index (κ2) is 4.24. The quantitative estimate of drug-likeness (QED) is 0.663.